The zero-order valence-corrected chi connectivity index (χ0v) is 83.1. The fourth-order valence-corrected chi connectivity index (χ4v) is 76.7. The number of aliphatic hydroxyl groups is 5. The normalized spacial score (nSPS) is 22.0. The van der Waals surface area contributed by atoms with Gasteiger partial charge < -0.3 is 62.1 Å². The first kappa shape index (κ1) is 114. The summed E-state index contributed by atoms with van der Waals surface area (Å²) in [6, 6.07) is 4.73. The molecule has 12 atom stereocenters. The third-order valence-electron chi connectivity index (χ3n) is 12.9. The second-order valence-corrected chi connectivity index (χ2v) is 70.0. The largest absolute Gasteiger partial charge is 0.400 e. The molecule has 0 aromatic carbocycles. The molecule has 28 nitrogen and oxygen atoms in total. The number of hydrogen-bond donors (Lipinski definition) is 12. The van der Waals surface area contributed by atoms with Gasteiger partial charge in [-0.15, -0.1) is 0 Å². The van der Waals surface area contributed by atoms with E-state index >= 15 is 0 Å². The number of hydrogen-bond acceptors (Lipinski definition) is 28. The molecule has 4 saturated heterocycles. The lowest BCUT2D eigenvalue weighted by Crippen LogP contribution is -2.41. The van der Waals surface area contributed by atoms with Crippen molar-refractivity contribution in [3.8, 4) is 0 Å². The van der Waals surface area contributed by atoms with E-state index in [0.29, 0.717) is 22.0 Å². The van der Waals surface area contributed by atoms with Crippen LogP contribution in [0.1, 0.15) is 66.8 Å². The fourth-order valence-electron chi connectivity index (χ4n) is 8.13. The highest BCUT2D eigenvalue weighted by atomic mass is 33.5. The van der Waals surface area contributed by atoms with E-state index in [4.69, 9.17) is 102 Å². The molecule has 0 spiro atoms. The highest BCUT2D eigenvalue weighted by Crippen LogP contribution is 2.49. The smallest absolute Gasteiger partial charge is 0.351 e. The van der Waals surface area contributed by atoms with Crippen molar-refractivity contribution in [2.75, 3.05) is 49.9 Å². The molecule has 4 fully saturated rings. The molecule has 113 heavy (non-hydrogen) atoms. The molecular formula is C42H63F10N13O15S33. The van der Waals surface area contributed by atoms with Gasteiger partial charge in [0.2, 0.25) is 24.9 Å². The van der Waals surface area contributed by atoms with E-state index in [9.17, 15) is 68.9 Å². The van der Waals surface area contributed by atoms with Crippen LogP contribution in [-0.2, 0) is 321 Å². The highest BCUT2D eigenvalue weighted by Gasteiger charge is 2.61. The molecule has 8 heterocycles. The number of nitrogens with two attached hydrogens (primary N) is 2. The van der Waals surface area contributed by atoms with Crippen molar-refractivity contribution in [1.82, 2.24) is 44.4 Å². The summed E-state index contributed by atoms with van der Waals surface area (Å²) >= 11 is 18.9. The molecule has 4 aromatic heterocycles. The van der Waals surface area contributed by atoms with Gasteiger partial charge in [-0.1, -0.05) is 27.7 Å². The molecule has 16 N–H and O–H groups in total. The molecular weight excluding hydrogens is 2170 g/mol. The van der Waals surface area contributed by atoms with Gasteiger partial charge in [-0.25, -0.2) is 36.7 Å². The summed E-state index contributed by atoms with van der Waals surface area (Å²) in [5, 5.41) is 60.4. The van der Waals surface area contributed by atoms with E-state index in [1.807, 2.05) is 0 Å². The Morgan fingerprint density at radius 2 is 0.646 bits per heavy atom. The summed E-state index contributed by atoms with van der Waals surface area (Å²) in [5.74, 6) is -16.1. The first-order valence-electron chi connectivity index (χ1n) is 28.6. The summed E-state index contributed by atoms with van der Waals surface area (Å²) < 4.78 is 149. The van der Waals surface area contributed by atoms with Crippen molar-refractivity contribution in [1.29, 1.82) is 0 Å². The standard InChI is InChI=1S/C11H15F2N3O3.C11H15F2N3O2.C9H11F2N3O5.C9H11F2N3O4.CH3F.CH4O.FH.H3N.S17.S16/c1-3-7-6(2)11(12,13)9(19-7)16-5-4-8(15-18)14-10(16)17;1-3-7-6(2)11(12,13)9(18-7)16-5-4-8(14)15-10(16)17;10-9(11)6(16)4(3-15)19-7(9)14-2-1-5(13-18)12-8(14)17;10-9(11)6(16)4(3-15)18-7(9)14-2-1-5(12)13-8(14)17;2*1-2;;;1-3-5-7-9-11-13-15-17-16-14-12-10-8-6-4-2;1-3-5-7-9-11-13-15-16-14-12-10-8-6-4-2/h4-7,9,18H,3H2,1-2H3,(H,14,15,17);4-7,9H,3H2,1-2H3,(H2,14,15,17);1-2,4,6-7,15-16,18H,3H2,(H,12,13,17);1-2,4,6-7,15-16H,3H2,(H2,12,13,17);1H3;2H,1H3;1H;1H3;;/t2*6-,7+,9+;2*4-,6+,7-;;;;;;/m0011....../s1/i;;;;1D;;;;;. The second-order valence-electron chi connectivity index (χ2n) is 18.7. The third kappa shape index (κ3) is 39.3. The molecule has 0 bridgehead atoms. The summed E-state index contributed by atoms with van der Waals surface area (Å²) in [5.41, 5.74) is 9.96. The molecule has 4 aliphatic rings. The average Bonchev–Trinajstić information content (AvgIpc) is 1.64. The SMILES string of the molecule is CC[C@H]1O[C@@H](n2ccc(N)nc2=O)C(F)(F)[C@H]1C.CC[C@H]1O[C@@H](n2ccc(NO)nc2=O)C(F)(F)[C@H]1C.CO.F.N.Nc1ccn([C@@H]2O[C@H](CO)[C@H](O)C2(F)F)c(=O)n1.O=c1nc(NO)ccn1[C@@H]1O[C@H](CO)[C@H](O)C1(F)F.S=S=S=S=S=S=S=S=S=S=S=S=S=S=S=S.S=S=S=S=S=S=S=S=S=S=S=S=S=S=S=S=S.[2H]CF. The van der Waals surface area contributed by atoms with Gasteiger partial charge in [-0.05, 0) is 37.1 Å². The van der Waals surface area contributed by atoms with Gasteiger partial charge in [-0.2, -0.15) is 37.5 Å². The lowest BCUT2D eigenvalue weighted by molar-refractivity contribution is -0.141. The number of nitrogens with one attached hydrogen (secondary N) is 2. The van der Waals surface area contributed by atoms with Crippen molar-refractivity contribution in [2.45, 2.75) is 126 Å². The van der Waals surface area contributed by atoms with Gasteiger partial charge in [0.05, 0.1) is 45.8 Å². The second kappa shape index (κ2) is 64.5. The molecule has 0 amide bonds. The maximum atomic E-state index is 14.1. The zero-order valence-electron chi connectivity index (χ0n) is 57.2. The van der Waals surface area contributed by atoms with Crippen LogP contribution < -0.4 is 51.3 Å². The van der Waals surface area contributed by atoms with E-state index in [1.165, 1.54) is 67.7 Å². The number of nitrogen functional groups attached to an aromatic ring is 2. The van der Waals surface area contributed by atoms with Gasteiger partial charge in [0.15, 0.2) is 23.8 Å². The Morgan fingerprint density at radius 1 is 0.442 bits per heavy atom. The molecule has 0 aliphatic carbocycles. The van der Waals surface area contributed by atoms with Gasteiger partial charge in [0, 0.05) is 334 Å². The molecule has 0 unspecified atom stereocenters. The molecule has 4 aromatic rings. The number of alkyl halides is 9. The van der Waals surface area contributed by atoms with Gasteiger partial charge in [0.25, 0.3) is 11.8 Å². The van der Waals surface area contributed by atoms with Crippen molar-refractivity contribution in [3.05, 3.63) is 91.0 Å². The number of aliphatic hydroxyl groups excluding tert-OH is 5. The maximum Gasteiger partial charge on any atom is 0.351 e. The molecule has 0 saturated carbocycles. The Balaban J connectivity index is 0. The van der Waals surface area contributed by atoms with E-state index in [1.54, 1.807) is 247 Å². The van der Waals surface area contributed by atoms with Crippen LogP contribution in [0, 0.1) is 11.8 Å². The molecule has 654 valence electrons. The summed E-state index contributed by atoms with van der Waals surface area (Å²) in [7, 11) is 48.9. The van der Waals surface area contributed by atoms with Crippen molar-refractivity contribution in [3.63, 3.8) is 0 Å². The molecule has 4 aliphatic heterocycles. The lowest BCUT2D eigenvalue weighted by Gasteiger charge is -2.21. The maximum absolute atomic E-state index is 14.1. The zero-order chi connectivity index (χ0) is 84.6. The minimum Gasteiger partial charge on any atom is -0.400 e. The Labute approximate surface area is 738 Å². The van der Waals surface area contributed by atoms with Crippen LogP contribution in [0.15, 0.2) is 68.2 Å². The van der Waals surface area contributed by atoms with Crippen LogP contribution in [0.25, 0.3) is 0 Å². The Bertz CT molecular complexity index is 5150. The van der Waals surface area contributed by atoms with E-state index in [-0.39, 0.29) is 34.1 Å². The minimum absolute atomic E-state index is 0. The number of halogens is 10. The van der Waals surface area contributed by atoms with Gasteiger partial charge in [0.1, 0.15) is 23.8 Å². The van der Waals surface area contributed by atoms with Gasteiger partial charge >= 0.3 is 34.6 Å². The van der Waals surface area contributed by atoms with Crippen LogP contribution in [0.4, 0.5) is 67.5 Å². The number of ether oxygens (including phenoxy) is 4. The Morgan fingerprint density at radius 3 is 0.823 bits per heavy atom. The van der Waals surface area contributed by atoms with Crippen LogP contribution in [-0.4, -0.2) is 162 Å². The monoisotopic (exact) mass is 2240 g/mol. The van der Waals surface area contributed by atoms with Crippen molar-refractivity contribution < 1.29 is 100 Å². The van der Waals surface area contributed by atoms with Crippen molar-refractivity contribution >= 4 is 326 Å². The summed E-state index contributed by atoms with van der Waals surface area (Å²) in [4.78, 5) is 59.6. The van der Waals surface area contributed by atoms with E-state index < -0.39 is 140 Å². The van der Waals surface area contributed by atoms with Crippen LogP contribution >= 0.6 is 0 Å². The Kier molecular flexibility index (Phi) is 65.0. The number of rotatable bonds is 10. The predicted molar refractivity (Wildman–Crippen MR) is 500 cm³/mol. The number of nitrogens with zero attached hydrogens (tertiary/aromatic N) is 8. The minimum atomic E-state index is -3.76. The molecule has 71 heteroatoms. The van der Waals surface area contributed by atoms with Crippen LogP contribution in [0.5, 0.6) is 0 Å². The van der Waals surface area contributed by atoms with Crippen LogP contribution in [0.3, 0.4) is 0 Å². The lowest BCUT2D eigenvalue weighted by atomic mass is 9.98. The topological polar surface area (TPSA) is 429 Å². The third-order valence-corrected chi connectivity index (χ3v) is 72.9. The van der Waals surface area contributed by atoms with E-state index in [2.05, 4.69) is 19.9 Å². The summed E-state index contributed by atoms with van der Waals surface area (Å²) in [6.45, 7) is 4.74. The molecule has 0 radical (unpaired) electrons. The molecule has 8 rings (SSSR count). The van der Waals surface area contributed by atoms with Crippen LogP contribution in [0.2, 0.25) is 0 Å². The van der Waals surface area contributed by atoms with Gasteiger partial charge in [-0.3, -0.25) is 48.7 Å². The average molecular weight is 2240 g/mol. The fraction of sp³-hybridized carbons (Fsp3) is 0.619. The van der Waals surface area contributed by atoms with Crippen molar-refractivity contribution in [2.24, 2.45) is 11.8 Å². The first-order chi connectivity index (χ1) is 53.3. The first-order valence-corrected chi connectivity index (χ1v) is 69.2. The highest BCUT2D eigenvalue weighted by molar-refractivity contribution is 8.78. The summed E-state index contributed by atoms with van der Waals surface area (Å²) in [6.07, 6.45) is -10.8. The Hall–Kier alpha value is 0.800. The van der Waals surface area contributed by atoms with E-state index in [0.717, 1.165) is 47.0 Å². The number of aromatic nitrogens is 8. The predicted octanol–water partition coefficient (Wildman–Crippen LogP) is 1.10. The number of anilines is 4. The quantitative estimate of drug-likeness (QED) is 0.0781.